The molecule has 0 radical (unpaired) electrons. The monoisotopic (exact) mass is 441 g/mol. The Balaban J connectivity index is 2.23. The summed E-state index contributed by atoms with van der Waals surface area (Å²) in [5.74, 6) is 1.47. The van der Waals surface area contributed by atoms with Crippen LogP contribution in [0, 0.1) is 35.0 Å². The molecular formula is C27H36ClNO2. The van der Waals surface area contributed by atoms with Gasteiger partial charge in [0.1, 0.15) is 5.41 Å². The number of hydrogen-bond donors (Lipinski definition) is 0. The summed E-state index contributed by atoms with van der Waals surface area (Å²) in [5.41, 5.74) is 1.32. The molecule has 2 rings (SSSR count). The number of nitrogens with zero attached hydrogens (tertiary/aromatic N) is 1. The van der Waals surface area contributed by atoms with Gasteiger partial charge in [0, 0.05) is 11.8 Å². The molecule has 4 heteroatoms. The number of nitriles is 1. The average molecular weight is 442 g/mol. The van der Waals surface area contributed by atoms with E-state index < -0.39 is 5.41 Å². The third-order valence-corrected chi connectivity index (χ3v) is 6.53. The van der Waals surface area contributed by atoms with Crippen LogP contribution in [-0.2, 0) is 21.5 Å². The van der Waals surface area contributed by atoms with Gasteiger partial charge in [-0.3, -0.25) is 0 Å². The molecule has 0 aliphatic rings. The van der Waals surface area contributed by atoms with Gasteiger partial charge in [-0.15, -0.1) is 11.6 Å². The summed E-state index contributed by atoms with van der Waals surface area (Å²) in [6.07, 6.45) is 0. The summed E-state index contributed by atoms with van der Waals surface area (Å²) >= 11 is 6.14. The maximum absolute atomic E-state index is 10.5. The largest absolute Gasteiger partial charge is 0.379 e. The molecule has 1 unspecified atom stereocenters. The lowest BCUT2D eigenvalue weighted by Gasteiger charge is -2.38. The SMILES string of the molecule is CC(C)C(COCc1ccccc1)[C@](C#N)(COC[C@@H](CCl)C(C)C)c1ccccc1. The van der Waals surface area contributed by atoms with Crippen LogP contribution in [0.2, 0.25) is 0 Å². The molecule has 3 atom stereocenters. The van der Waals surface area contributed by atoms with Gasteiger partial charge in [-0.2, -0.15) is 5.26 Å². The van der Waals surface area contributed by atoms with E-state index in [1.165, 1.54) is 0 Å². The maximum Gasteiger partial charge on any atom is 0.111 e. The van der Waals surface area contributed by atoms with Gasteiger partial charge < -0.3 is 9.47 Å². The summed E-state index contributed by atoms with van der Waals surface area (Å²) in [7, 11) is 0. The summed E-state index contributed by atoms with van der Waals surface area (Å²) in [4.78, 5) is 0. The molecule has 0 saturated heterocycles. The molecule has 0 fully saturated rings. The topological polar surface area (TPSA) is 42.2 Å². The smallest absolute Gasteiger partial charge is 0.111 e. The van der Waals surface area contributed by atoms with Crippen molar-refractivity contribution in [2.45, 2.75) is 39.7 Å². The van der Waals surface area contributed by atoms with Gasteiger partial charge in [0.05, 0.1) is 32.5 Å². The summed E-state index contributed by atoms with van der Waals surface area (Å²) < 4.78 is 12.3. The maximum atomic E-state index is 10.5. The fourth-order valence-electron chi connectivity index (χ4n) is 3.89. The first-order valence-electron chi connectivity index (χ1n) is 11.2. The normalized spacial score (nSPS) is 15.4. The molecule has 3 nitrogen and oxygen atoms in total. The Morgan fingerprint density at radius 1 is 0.871 bits per heavy atom. The van der Waals surface area contributed by atoms with E-state index in [1.807, 2.05) is 48.5 Å². The Labute approximate surface area is 193 Å². The fraction of sp³-hybridized carbons (Fsp3) is 0.519. The highest BCUT2D eigenvalue weighted by Gasteiger charge is 2.43. The molecule has 168 valence electrons. The molecular weight excluding hydrogens is 406 g/mol. The van der Waals surface area contributed by atoms with Crippen LogP contribution < -0.4 is 0 Å². The van der Waals surface area contributed by atoms with E-state index in [2.05, 4.69) is 45.9 Å². The van der Waals surface area contributed by atoms with Crippen LogP contribution in [0.15, 0.2) is 60.7 Å². The standard InChI is InChI=1S/C27H36ClNO2/c1-21(2)24(15-28)17-31-20-27(19-29,25-13-9-6-10-14-25)26(22(3)4)18-30-16-23-11-7-5-8-12-23/h5-14,21-22,24,26H,15-18,20H2,1-4H3/t24-,26?,27-/m1/s1. The van der Waals surface area contributed by atoms with E-state index in [0.717, 1.165) is 11.1 Å². The van der Waals surface area contributed by atoms with Crippen molar-refractivity contribution in [3.8, 4) is 6.07 Å². The lowest BCUT2D eigenvalue weighted by Crippen LogP contribution is -2.44. The molecule has 0 heterocycles. The lowest BCUT2D eigenvalue weighted by atomic mass is 9.67. The van der Waals surface area contributed by atoms with Gasteiger partial charge >= 0.3 is 0 Å². The first kappa shape index (κ1) is 25.4. The van der Waals surface area contributed by atoms with Crippen molar-refractivity contribution in [2.75, 3.05) is 25.7 Å². The van der Waals surface area contributed by atoms with Crippen LogP contribution >= 0.6 is 11.6 Å². The van der Waals surface area contributed by atoms with Crippen LogP contribution in [0.5, 0.6) is 0 Å². The van der Waals surface area contributed by atoms with Crippen molar-refractivity contribution in [3.63, 3.8) is 0 Å². The minimum atomic E-state index is -0.792. The lowest BCUT2D eigenvalue weighted by molar-refractivity contribution is 0.00131. The minimum absolute atomic E-state index is 0.0166. The molecule has 2 aromatic carbocycles. The molecule has 31 heavy (non-hydrogen) atoms. The van der Waals surface area contributed by atoms with Crippen LogP contribution in [0.25, 0.3) is 0 Å². The number of alkyl halides is 1. The molecule has 0 aliphatic heterocycles. The number of benzene rings is 2. The van der Waals surface area contributed by atoms with Crippen LogP contribution in [-0.4, -0.2) is 25.7 Å². The highest BCUT2D eigenvalue weighted by molar-refractivity contribution is 6.18. The highest BCUT2D eigenvalue weighted by Crippen LogP contribution is 2.38. The predicted octanol–water partition coefficient (Wildman–Crippen LogP) is 6.46. The summed E-state index contributed by atoms with van der Waals surface area (Å²) in [6, 6.07) is 22.8. The Morgan fingerprint density at radius 2 is 1.48 bits per heavy atom. The second-order valence-electron chi connectivity index (χ2n) is 8.97. The first-order valence-corrected chi connectivity index (χ1v) is 11.7. The van der Waals surface area contributed by atoms with Gasteiger partial charge in [-0.05, 0) is 28.9 Å². The van der Waals surface area contributed by atoms with Gasteiger partial charge in [-0.25, -0.2) is 0 Å². The first-order chi connectivity index (χ1) is 14.9. The van der Waals surface area contributed by atoms with Crippen molar-refractivity contribution in [1.82, 2.24) is 0 Å². The van der Waals surface area contributed by atoms with E-state index in [-0.39, 0.29) is 17.8 Å². The fourth-order valence-corrected chi connectivity index (χ4v) is 4.33. The zero-order chi connectivity index (χ0) is 22.7. The molecule has 0 aliphatic carbocycles. The van der Waals surface area contributed by atoms with E-state index in [4.69, 9.17) is 21.1 Å². The van der Waals surface area contributed by atoms with Crippen LogP contribution in [0.4, 0.5) is 0 Å². The van der Waals surface area contributed by atoms with Gasteiger partial charge in [0.15, 0.2) is 0 Å². The van der Waals surface area contributed by atoms with Crippen molar-refractivity contribution in [2.24, 2.45) is 23.7 Å². The minimum Gasteiger partial charge on any atom is -0.379 e. The van der Waals surface area contributed by atoms with Crippen molar-refractivity contribution in [3.05, 3.63) is 71.8 Å². The van der Waals surface area contributed by atoms with Crippen LogP contribution in [0.1, 0.15) is 38.8 Å². The molecule has 0 aromatic heterocycles. The van der Waals surface area contributed by atoms with Crippen molar-refractivity contribution in [1.29, 1.82) is 5.26 Å². The number of hydrogen-bond acceptors (Lipinski definition) is 3. The number of halogens is 1. The van der Waals surface area contributed by atoms with Gasteiger partial charge in [0.2, 0.25) is 0 Å². The summed E-state index contributed by atoms with van der Waals surface area (Å²) in [5, 5.41) is 10.5. The molecule has 0 amide bonds. The van der Waals surface area contributed by atoms with Gasteiger partial charge in [0.25, 0.3) is 0 Å². The van der Waals surface area contributed by atoms with E-state index in [1.54, 1.807) is 0 Å². The molecule has 0 saturated carbocycles. The van der Waals surface area contributed by atoms with E-state index in [0.29, 0.717) is 38.2 Å². The Kier molecular flexibility index (Phi) is 10.5. The zero-order valence-corrected chi connectivity index (χ0v) is 20.0. The third-order valence-electron chi connectivity index (χ3n) is 6.14. The molecule has 0 bridgehead atoms. The predicted molar refractivity (Wildman–Crippen MR) is 128 cm³/mol. The molecule has 0 spiro atoms. The number of rotatable bonds is 13. The Bertz CT molecular complexity index is 788. The highest BCUT2D eigenvalue weighted by atomic mass is 35.5. The zero-order valence-electron chi connectivity index (χ0n) is 19.3. The Morgan fingerprint density at radius 3 is 2.00 bits per heavy atom. The molecule has 2 aromatic rings. The molecule has 0 N–H and O–H groups in total. The number of ether oxygens (including phenoxy) is 2. The van der Waals surface area contributed by atoms with Crippen molar-refractivity contribution >= 4 is 11.6 Å². The van der Waals surface area contributed by atoms with E-state index >= 15 is 0 Å². The Hall–Kier alpha value is -1.86. The third kappa shape index (κ3) is 7.07. The second-order valence-corrected chi connectivity index (χ2v) is 9.28. The summed E-state index contributed by atoms with van der Waals surface area (Å²) in [6.45, 7) is 10.5. The van der Waals surface area contributed by atoms with Crippen LogP contribution in [0.3, 0.4) is 0 Å². The van der Waals surface area contributed by atoms with E-state index in [9.17, 15) is 5.26 Å². The second kappa shape index (κ2) is 12.9. The average Bonchev–Trinajstić information content (AvgIpc) is 2.78. The van der Waals surface area contributed by atoms with Gasteiger partial charge in [-0.1, -0.05) is 88.4 Å². The quantitative estimate of drug-likeness (QED) is 0.335. The van der Waals surface area contributed by atoms with Crippen molar-refractivity contribution < 1.29 is 9.47 Å².